The molecule has 3 atom stereocenters. The number of likely N-dealkylation sites (tertiary alicyclic amines) is 1. The van der Waals surface area contributed by atoms with Crippen molar-refractivity contribution in [2.24, 2.45) is 5.92 Å². The fourth-order valence-electron chi connectivity index (χ4n) is 7.00. The number of carbonyl (C=O) groups excluding carboxylic acids is 5. The van der Waals surface area contributed by atoms with Crippen molar-refractivity contribution in [2.45, 2.75) is 109 Å². The van der Waals surface area contributed by atoms with Crippen molar-refractivity contribution < 1.29 is 37.8 Å². The molecule has 53 heavy (non-hydrogen) atoms. The number of hydrogen-bond acceptors (Lipinski definition) is 7. The molecular formula is C40H54FN5O7. The van der Waals surface area contributed by atoms with Crippen LogP contribution < -0.4 is 20.7 Å². The van der Waals surface area contributed by atoms with Crippen molar-refractivity contribution in [3.05, 3.63) is 65.2 Å². The molecule has 3 heterocycles. The molecule has 0 saturated carbocycles. The maximum atomic E-state index is 16.3. The molecule has 3 aliphatic heterocycles. The topological polar surface area (TPSA) is 146 Å². The van der Waals surface area contributed by atoms with Gasteiger partial charge in [-0.2, -0.15) is 0 Å². The summed E-state index contributed by atoms with van der Waals surface area (Å²) in [5.41, 5.74) is -0.315. The minimum atomic E-state index is -2.39. The molecule has 0 spiro atoms. The Bertz CT molecular complexity index is 1620. The zero-order valence-electron chi connectivity index (χ0n) is 31.4. The van der Waals surface area contributed by atoms with Crippen LogP contribution in [0.5, 0.6) is 5.75 Å². The SMILES string of the molecule is Cc1ccc2cc1CNC(=O)[C@H](CCc1ccccc1)NC(=O)[C@@H](NC(=O)C1(F)CCN(C(=O)OC(C)(C)C)CC1)CC(=O)N1CCCC(CCO2)C1. The second kappa shape index (κ2) is 17.4. The van der Waals surface area contributed by atoms with Gasteiger partial charge < -0.3 is 35.2 Å². The quantitative estimate of drug-likeness (QED) is 0.414. The summed E-state index contributed by atoms with van der Waals surface area (Å²) < 4.78 is 27.8. The van der Waals surface area contributed by atoms with E-state index in [0.29, 0.717) is 31.9 Å². The molecule has 4 bridgehead atoms. The summed E-state index contributed by atoms with van der Waals surface area (Å²) >= 11 is 0. The van der Waals surface area contributed by atoms with Crippen molar-refractivity contribution in [2.75, 3.05) is 32.8 Å². The van der Waals surface area contributed by atoms with Crippen molar-refractivity contribution in [1.82, 2.24) is 25.8 Å². The summed E-state index contributed by atoms with van der Waals surface area (Å²) in [5, 5.41) is 8.30. The van der Waals surface area contributed by atoms with E-state index in [1.165, 1.54) is 4.90 Å². The first-order chi connectivity index (χ1) is 25.2. The van der Waals surface area contributed by atoms with Gasteiger partial charge >= 0.3 is 6.09 Å². The monoisotopic (exact) mass is 735 g/mol. The highest BCUT2D eigenvalue weighted by molar-refractivity contribution is 5.96. The third kappa shape index (κ3) is 11.2. The maximum Gasteiger partial charge on any atom is 0.410 e. The predicted molar refractivity (Wildman–Crippen MR) is 197 cm³/mol. The second-order valence-corrected chi connectivity index (χ2v) is 15.5. The third-order valence-corrected chi connectivity index (χ3v) is 10.3. The molecule has 2 fully saturated rings. The highest BCUT2D eigenvalue weighted by Crippen LogP contribution is 2.29. The molecule has 1 unspecified atom stereocenters. The van der Waals surface area contributed by atoms with Gasteiger partial charge in [-0.25, -0.2) is 9.18 Å². The van der Waals surface area contributed by atoms with Crippen LogP contribution in [0.25, 0.3) is 0 Å². The Morgan fingerprint density at radius 2 is 1.75 bits per heavy atom. The number of alkyl halides is 1. The van der Waals surface area contributed by atoms with Crippen LogP contribution >= 0.6 is 0 Å². The lowest BCUT2D eigenvalue weighted by Gasteiger charge is -2.37. The Hall–Kier alpha value is -4.68. The number of carbonyl (C=O) groups is 5. The number of benzene rings is 2. The van der Waals surface area contributed by atoms with E-state index in [-0.39, 0.29) is 50.7 Å². The van der Waals surface area contributed by atoms with Crippen LogP contribution in [-0.2, 0) is 36.9 Å². The number of rotatable bonds is 5. The summed E-state index contributed by atoms with van der Waals surface area (Å²) in [6.45, 7) is 8.65. The molecule has 288 valence electrons. The van der Waals surface area contributed by atoms with Gasteiger partial charge in [0.2, 0.25) is 17.7 Å². The van der Waals surface area contributed by atoms with Crippen molar-refractivity contribution in [1.29, 1.82) is 0 Å². The normalized spacial score (nSPS) is 23.0. The highest BCUT2D eigenvalue weighted by Gasteiger charge is 2.45. The molecule has 3 aliphatic rings. The van der Waals surface area contributed by atoms with Gasteiger partial charge in [-0.3, -0.25) is 19.2 Å². The summed E-state index contributed by atoms with van der Waals surface area (Å²) in [6, 6.07) is 12.8. The first-order valence-corrected chi connectivity index (χ1v) is 18.8. The van der Waals surface area contributed by atoms with E-state index in [9.17, 15) is 24.0 Å². The van der Waals surface area contributed by atoms with E-state index in [2.05, 4.69) is 16.0 Å². The molecule has 2 aromatic rings. The number of amides is 5. The smallest absolute Gasteiger partial charge is 0.410 e. The predicted octanol–water partition coefficient (Wildman–Crippen LogP) is 4.36. The Balaban J connectivity index is 1.37. The van der Waals surface area contributed by atoms with Crippen molar-refractivity contribution in [3.63, 3.8) is 0 Å². The Morgan fingerprint density at radius 1 is 1.02 bits per heavy atom. The van der Waals surface area contributed by atoms with Crippen LogP contribution in [-0.4, -0.2) is 95.7 Å². The number of hydrogen-bond donors (Lipinski definition) is 3. The minimum absolute atomic E-state index is 0.0579. The van der Waals surface area contributed by atoms with Crippen LogP contribution in [0, 0.1) is 12.8 Å². The number of nitrogens with one attached hydrogen (secondary N) is 3. The number of nitrogens with zero attached hydrogens (tertiary/aromatic N) is 2. The second-order valence-electron chi connectivity index (χ2n) is 15.5. The van der Waals surface area contributed by atoms with Gasteiger partial charge in [-0.05, 0) is 94.5 Å². The van der Waals surface area contributed by atoms with Gasteiger partial charge in [0, 0.05) is 45.6 Å². The minimum Gasteiger partial charge on any atom is -0.494 e. The number of aryl methyl sites for hydroxylation is 2. The average molecular weight is 736 g/mol. The van der Waals surface area contributed by atoms with Crippen LogP contribution in [0.1, 0.15) is 82.4 Å². The van der Waals surface area contributed by atoms with E-state index < -0.39 is 53.6 Å². The lowest BCUT2D eigenvalue weighted by Crippen LogP contribution is -2.59. The standard InChI is InChI=1S/C40H54FN5O7/c1-27-12-14-31-23-30(27)25-42-35(48)32(15-13-28-9-6-5-7-10-28)43-36(49)33(24-34(47)46-19-8-11-29(26-46)16-22-52-31)44-37(50)40(41)17-20-45(21-18-40)38(51)53-39(2,3)4/h5-7,9-10,12,14,23,29,32-33H,8,11,13,15-22,24-26H2,1-4H3,(H,42,48)(H,43,49)(H,44,50)/t29?,32-,33-/m0/s1. The fraction of sp³-hybridized carbons (Fsp3) is 0.575. The molecule has 0 aliphatic carbocycles. The maximum absolute atomic E-state index is 16.3. The van der Waals surface area contributed by atoms with Crippen LogP contribution in [0.3, 0.4) is 0 Å². The summed E-state index contributed by atoms with van der Waals surface area (Å²) in [6.07, 6.45) is 1.51. The van der Waals surface area contributed by atoms with Crippen LogP contribution in [0.15, 0.2) is 48.5 Å². The van der Waals surface area contributed by atoms with E-state index in [1.54, 1.807) is 25.7 Å². The molecule has 13 heteroatoms. The molecule has 5 amide bonds. The molecule has 2 saturated heterocycles. The van der Waals surface area contributed by atoms with Gasteiger partial charge in [-0.1, -0.05) is 36.4 Å². The largest absolute Gasteiger partial charge is 0.494 e. The van der Waals surface area contributed by atoms with E-state index in [0.717, 1.165) is 36.0 Å². The van der Waals surface area contributed by atoms with Crippen LogP contribution in [0.2, 0.25) is 0 Å². The Kier molecular flexibility index (Phi) is 13.0. The van der Waals surface area contributed by atoms with Crippen molar-refractivity contribution >= 4 is 29.7 Å². The average Bonchev–Trinajstić information content (AvgIpc) is 3.12. The molecule has 5 rings (SSSR count). The first-order valence-electron chi connectivity index (χ1n) is 18.8. The zero-order chi connectivity index (χ0) is 38.2. The van der Waals surface area contributed by atoms with E-state index in [1.807, 2.05) is 55.5 Å². The van der Waals surface area contributed by atoms with E-state index >= 15 is 4.39 Å². The Morgan fingerprint density at radius 3 is 2.47 bits per heavy atom. The Labute approximate surface area is 311 Å². The number of halogens is 1. The summed E-state index contributed by atoms with van der Waals surface area (Å²) in [4.78, 5) is 70.9. The molecule has 0 radical (unpaired) electrons. The molecule has 12 nitrogen and oxygen atoms in total. The lowest BCUT2D eigenvalue weighted by atomic mass is 9.91. The fourth-order valence-corrected chi connectivity index (χ4v) is 7.00. The lowest BCUT2D eigenvalue weighted by molar-refractivity contribution is -0.142. The summed E-state index contributed by atoms with van der Waals surface area (Å²) in [7, 11) is 0. The van der Waals surface area contributed by atoms with E-state index in [4.69, 9.17) is 9.47 Å². The molecular weight excluding hydrogens is 681 g/mol. The van der Waals surface area contributed by atoms with Gasteiger partial charge in [0.1, 0.15) is 23.4 Å². The number of ether oxygens (including phenoxy) is 2. The molecule has 3 N–H and O–H groups in total. The summed E-state index contributed by atoms with van der Waals surface area (Å²) in [5.74, 6) is -1.70. The molecule has 0 aromatic heterocycles. The van der Waals surface area contributed by atoms with Crippen molar-refractivity contribution in [3.8, 4) is 5.75 Å². The van der Waals surface area contributed by atoms with Gasteiger partial charge in [0.05, 0.1) is 13.0 Å². The zero-order valence-corrected chi connectivity index (χ0v) is 31.4. The van der Waals surface area contributed by atoms with Gasteiger partial charge in [0.15, 0.2) is 5.67 Å². The van der Waals surface area contributed by atoms with Crippen LogP contribution in [0.4, 0.5) is 9.18 Å². The number of piperidine rings is 2. The first kappa shape index (κ1) is 39.5. The third-order valence-electron chi connectivity index (χ3n) is 10.3. The number of fused-ring (bicyclic) bond motifs is 4. The molecule has 2 aromatic carbocycles. The highest BCUT2D eigenvalue weighted by atomic mass is 19.1. The van der Waals surface area contributed by atoms with Gasteiger partial charge in [-0.15, -0.1) is 0 Å². The van der Waals surface area contributed by atoms with Gasteiger partial charge in [0.25, 0.3) is 5.91 Å².